The van der Waals surface area contributed by atoms with Crippen molar-refractivity contribution in [2.75, 3.05) is 6.61 Å². The van der Waals surface area contributed by atoms with Crippen LogP contribution < -0.4 is 5.32 Å². The van der Waals surface area contributed by atoms with Crippen LogP contribution in [0, 0.1) is 0 Å². The number of aliphatic hydroxyl groups excluding tert-OH is 1. The highest BCUT2D eigenvalue weighted by Gasteiger charge is 2.41. The maximum Gasteiger partial charge on any atom is 0.0613 e. The van der Waals surface area contributed by atoms with Crippen molar-refractivity contribution in [1.29, 1.82) is 0 Å². The lowest BCUT2D eigenvalue weighted by Gasteiger charge is -2.14. The van der Waals surface area contributed by atoms with E-state index in [1.165, 1.54) is 36.0 Å². The van der Waals surface area contributed by atoms with Crippen LogP contribution in [0.15, 0.2) is 18.2 Å². The minimum Gasteiger partial charge on any atom is -0.394 e. The number of aliphatic hydroxyl groups is 1. The van der Waals surface area contributed by atoms with E-state index in [0.717, 1.165) is 19.4 Å². The van der Waals surface area contributed by atoms with E-state index >= 15 is 0 Å². The molecule has 1 aromatic carbocycles. The fourth-order valence-electron chi connectivity index (χ4n) is 2.57. The topological polar surface area (TPSA) is 32.3 Å². The van der Waals surface area contributed by atoms with E-state index in [1.54, 1.807) is 0 Å². The molecule has 0 radical (unpaired) electrons. The van der Waals surface area contributed by atoms with Crippen molar-refractivity contribution in [2.45, 2.75) is 44.2 Å². The lowest BCUT2D eigenvalue weighted by molar-refractivity contribution is 0.229. The van der Waals surface area contributed by atoms with E-state index in [-0.39, 0.29) is 12.1 Å². The van der Waals surface area contributed by atoms with Crippen molar-refractivity contribution in [2.24, 2.45) is 0 Å². The molecule has 0 heterocycles. The molecule has 86 valence electrons. The van der Waals surface area contributed by atoms with Gasteiger partial charge >= 0.3 is 0 Å². The molecule has 1 saturated carbocycles. The maximum absolute atomic E-state index is 9.23. The number of nitrogens with one attached hydrogen (secondary N) is 1. The first kappa shape index (κ1) is 10.3. The lowest BCUT2D eigenvalue weighted by atomic mass is 10.1. The van der Waals surface area contributed by atoms with Crippen molar-refractivity contribution < 1.29 is 5.11 Å². The van der Waals surface area contributed by atoms with E-state index in [0.29, 0.717) is 0 Å². The predicted molar refractivity (Wildman–Crippen MR) is 64.4 cm³/mol. The third kappa shape index (κ3) is 1.87. The van der Waals surface area contributed by atoms with E-state index in [9.17, 15) is 5.11 Å². The van der Waals surface area contributed by atoms with Gasteiger partial charge in [0.2, 0.25) is 0 Å². The highest BCUT2D eigenvalue weighted by molar-refractivity contribution is 5.35. The van der Waals surface area contributed by atoms with Gasteiger partial charge in [-0.3, -0.25) is 0 Å². The number of aryl methyl sites for hydroxylation is 2. The molecule has 2 aliphatic carbocycles. The molecule has 0 amide bonds. The first-order valence-corrected chi connectivity index (χ1v) is 6.28. The van der Waals surface area contributed by atoms with Gasteiger partial charge in [0.1, 0.15) is 0 Å². The fourth-order valence-corrected chi connectivity index (χ4v) is 2.57. The molecule has 0 unspecified atom stereocenters. The van der Waals surface area contributed by atoms with Crippen LogP contribution in [0.1, 0.15) is 36.0 Å². The van der Waals surface area contributed by atoms with E-state index < -0.39 is 0 Å². The maximum atomic E-state index is 9.23. The van der Waals surface area contributed by atoms with Crippen molar-refractivity contribution in [1.82, 2.24) is 5.32 Å². The van der Waals surface area contributed by atoms with Crippen molar-refractivity contribution in [3.05, 3.63) is 34.9 Å². The summed E-state index contributed by atoms with van der Waals surface area (Å²) < 4.78 is 0. The summed E-state index contributed by atoms with van der Waals surface area (Å²) in [5, 5.41) is 12.7. The third-order valence-electron chi connectivity index (χ3n) is 3.99. The molecular formula is C14H19NO. The van der Waals surface area contributed by atoms with Crippen LogP contribution in [0.4, 0.5) is 0 Å². The van der Waals surface area contributed by atoms with Crippen molar-refractivity contribution in [3.8, 4) is 0 Å². The zero-order valence-corrected chi connectivity index (χ0v) is 9.63. The monoisotopic (exact) mass is 217 g/mol. The SMILES string of the molecule is OCC1(NCc2ccc3c(c2)CCC3)CC1. The Morgan fingerprint density at radius 1 is 1.19 bits per heavy atom. The Morgan fingerprint density at radius 2 is 2.00 bits per heavy atom. The van der Waals surface area contributed by atoms with Gasteiger partial charge in [-0.1, -0.05) is 18.2 Å². The molecule has 16 heavy (non-hydrogen) atoms. The predicted octanol–water partition coefficient (Wildman–Crippen LogP) is 1.79. The van der Waals surface area contributed by atoms with Crippen molar-refractivity contribution >= 4 is 0 Å². The summed E-state index contributed by atoms with van der Waals surface area (Å²) in [4.78, 5) is 0. The van der Waals surface area contributed by atoms with Crippen molar-refractivity contribution in [3.63, 3.8) is 0 Å². The average molecular weight is 217 g/mol. The fraction of sp³-hybridized carbons (Fsp3) is 0.571. The molecule has 0 bridgehead atoms. The number of hydrogen-bond donors (Lipinski definition) is 2. The molecule has 2 heteroatoms. The quantitative estimate of drug-likeness (QED) is 0.806. The second-order valence-corrected chi connectivity index (χ2v) is 5.25. The first-order chi connectivity index (χ1) is 7.81. The highest BCUT2D eigenvalue weighted by Crippen LogP contribution is 2.35. The van der Waals surface area contributed by atoms with Crippen LogP contribution in [0.2, 0.25) is 0 Å². The zero-order valence-electron chi connectivity index (χ0n) is 9.63. The van der Waals surface area contributed by atoms with Gasteiger partial charge in [0.15, 0.2) is 0 Å². The largest absolute Gasteiger partial charge is 0.394 e. The smallest absolute Gasteiger partial charge is 0.0613 e. The lowest BCUT2D eigenvalue weighted by Crippen LogP contribution is -2.34. The standard InChI is InChI=1S/C14H19NO/c16-10-14(6-7-14)15-9-11-4-5-12-2-1-3-13(12)8-11/h4-5,8,15-16H,1-3,6-7,9-10H2. The molecule has 1 aromatic rings. The number of rotatable bonds is 4. The molecule has 1 fully saturated rings. The second kappa shape index (κ2) is 3.86. The van der Waals surface area contributed by atoms with Gasteiger partial charge in [-0.05, 0) is 48.8 Å². The summed E-state index contributed by atoms with van der Waals surface area (Å²) in [5.74, 6) is 0. The molecule has 0 aliphatic heterocycles. The number of benzene rings is 1. The van der Waals surface area contributed by atoms with Crippen LogP contribution in [0.3, 0.4) is 0 Å². The second-order valence-electron chi connectivity index (χ2n) is 5.25. The Hall–Kier alpha value is -0.860. The summed E-state index contributed by atoms with van der Waals surface area (Å²) in [6, 6.07) is 6.84. The molecule has 0 aromatic heterocycles. The average Bonchev–Trinajstić information content (AvgIpc) is 2.96. The van der Waals surface area contributed by atoms with E-state index in [2.05, 4.69) is 23.5 Å². The molecule has 0 atom stereocenters. The van der Waals surface area contributed by atoms with Gasteiger partial charge in [-0.2, -0.15) is 0 Å². The summed E-state index contributed by atoms with van der Waals surface area (Å²) in [5.41, 5.74) is 4.49. The molecule has 2 N–H and O–H groups in total. The highest BCUT2D eigenvalue weighted by atomic mass is 16.3. The Morgan fingerprint density at radius 3 is 2.75 bits per heavy atom. The van der Waals surface area contributed by atoms with Crippen LogP contribution in [-0.4, -0.2) is 17.3 Å². The normalized spacial score (nSPS) is 20.8. The Bertz CT molecular complexity index is 396. The van der Waals surface area contributed by atoms with Crippen LogP contribution in [0.25, 0.3) is 0 Å². The molecule has 0 spiro atoms. The Kier molecular flexibility index (Phi) is 2.49. The van der Waals surface area contributed by atoms with Gasteiger partial charge in [-0.25, -0.2) is 0 Å². The van der Waals surface area contributed by atoms with Gasteiger partial charge in [0, 0.05) is 12.1 Å². The molecule has 0 saturated heterocycles. The van der Waals surface area contributed by atoms with Crippen LogP contribution in [-0.2, 0) is 19.4 Å². The zero-order chi connectivity index (χ0) is 11.0. The summed E-state index contributed by atoms with van der Waals surface area (Å²) in [6.07, 6.45) is 6.05. The van der Waals surface area contributed by atoms with Gasteiger partial charge in [0.25, 0.3) is 0 Å². The number of hydrogen-bond acceptors (Lipinski definition) is 2. The van der Waals surface area contributed by atoms with Gasteiger partial charge < -0.3 is 10.4 Å². The van der Waals surface area contributed by atoms with Crippen LogP contribution in [0.5, 0.6) is 0 Å². The molecular weight excluding hydrogens is 198 g/mol. The Labute approximate surface area is 96.7 Å². The molecule has 2 aliphatic rings. The van der Waals surface area contributed by atoms with Gasteiger partial charge in [0.05, 0.1) is 6.61 Å². The minimum absolute atomic E-state index is 0.0546. The summed E-state index contributed by atoms with van der Waals surface area (Å²) in [6.45, 7) is 1.17. The van der Waals surface area contributed by atoms with Gasteiger partial charge in [-0.15, -0.1) is 0 Å². The summed E-state index contributed by atoms with van der Waals surface area (Å²) >= 11 is 0. The Balaban J connectivity index is 1.66. The minimum atomic E-state index is 0.0546. The molecule has 2 nitrogen and oxygen atoms in total. The van der Waals surface area contributed by atoms with Crippen LogP contribution >= 0.6 is 0 Å². The third-order valence-corrected chi connectivity index (χ3v) is 3.99. The summed E-state index contributed by atoms with van der Waals surface area (Å²) in [7, 11) is 0. The van der Waals surface area contributed by atoms with E-state index in [1.807, 2.05) is 0 Å². The first-order valence-electron chi connectivity index (χ1n) is 6.28. The molecule has 3 rings (SSSR count). The van der Waals surface area contributed by atoms with E-state index in [4.69, 9.17) is 0 Å². The number of fused-ring (bicyclic) bond motifs is 1.